The highest BCUT2D eigenvalue weighted by molar-refractivity contribution is 9.10. The zero-order chi connectivity index (χ0) is 17.1. The van der Waals surface area contributed by atoms with Gasteiger partial charge in [0.2, 0.25) is 5.91 Å². The molecule has 8 heteroatoms. The van der Waals surface area contributed by atoms with Crippen molar-refractivity contribution in [3.63, 3.8) is 0 Å². The lowest BCUT2D eigenvalue weighted by molar-refractivity contribution is -0.117. The Bertz CT molecular complexity index is 937. The van der Waals surface area contributed by atoms with Crippen LogP contribution in [-0.2, 0) is 11.3 Å². The molecule has 6 nitrogen and oxygen atoms in total. The first-order valence-corrected chi connectivity index (χ1v) is 8.89. The van der Waals surface area contributed by atoms with E-state index in [1.54, 1.807) is 11.9 Å². The molecule has 0 spiro atoms. The first-order valence-electron chi connectivity index (χ1n) is 7.22. The number of aromatic amines is 1. The Morgan fingerprint density at radius 3 is 2.96 bits per heavy atom. The van der Waals surface area contributed by atoms with Crippen molar-refractivity contribution in [3.05, 3.63) is 56.4 Å². The molecule has 0 saturated carbocycles. The minimum Gasteiger partial charge on any atom is -0.324 e. The highest BCUT2D eigenvalue weighted by Gasteiger charge is 2.11. The number of nitrogens with zero attached hydrogens (tertiary/aromatic N) is 2. The number of thiophene rings is 1. The number of hydrogen-bond acceptors (Lipinski definition) is 5. The molecule has 124 valence electrons. The molecule has 24 heavy (non-hydrogen) atoms. The maximum Gasteiger partial charge on any atom is 0.268 e. The minimum absolute atomic E-state index is 0.136. The number of likely N-dealkylation sites (N-methyl/N-ethyl adjacent to an activating group) is 1. The first-order chi connectivity index (χ1) is 11.5. The molecule has 3 rings (SSSR count). The smallest absolute Gasteiger partial charge is 0.268 e. The molecule has 0 fully saturated rings. The van der Waals surface area contributed by atoms with Crippen LogP contribution in [0, 0.1) is 0 Å². The van der Waals surface area contributed by atoms with Crippen molar-refractivity contribution in [2.45, 2.75) is 6.54 Å². The highest BCUT2D eigenvalue weighted by atomic mass is 79.9. The van der Waals surface area contributed by atoms with Gasteiger partial charge in [0.25, 0.3) is 5.56 Å². The fraction of sp³-hybridized carbons (Fsp3) is 0.188. The van der Waals surface area contributed by atoms with Gasteiger partial charge in [-0.2, -0.15) is 0 Å². The quantitative estimate of drug-likeness (QED) is 0.682. The summed E-state index contributed by atoms with van der Waals surface area (Å²) in [7, 11) is 1.80. The van der Waals surface area contributed by atoms with Crippen molar-refractivity contribution in [3.8, 4) is 0 Å². The fourth-order valence-electron chi connectivity index (χ4n) is 2.31. The molecule has 1 aromatic carbocycles. The average molecular weight is 407 g/mol. The number of rotatable bonds is 5. The molecule has 0 aliphatic rings. The van der Waals surface area contributed by atoms with Crippen LogP contribution in [0.5, 0.6) is 0 Å². The van der Waals surface area contributed by atoms with Gasteiger partial charge in [0.1, 0.15) is 10.5 Å². The van der Waals surface area contributed by atoms with Gasteiger partial charge in [0, 0.05) is 4.47 Å². The summed E-state index contributed by atoms with van der Waals surface area (Å²) >= 11 is 4.76. The first kappa shape index (κ1) is 16.8. The maximum atomic E-state index is 12.1. The predicted octanol–water partition coefficient (Wildman–Crippen LogP) is 2.82. The van der Waals surface area contributed by atoms with Crippen LogP contribution < -0.4 is 10.9 Å². The Kier molecular flexibility index (Phi) is 5.08. The molecule has 0 saturated heterocycles. The summed E-state index contributed by atoms with van der Waals surface area (Å²) in [6, 6.07) is 9.25. The molecule has 0 unspecified atom stereocenters. The van der Waals surface area contributed by atoms with Crippen LogP contribution in [0.15, 0.2) is 45.0 Å². The van der Waals surface area contributed by atoms with E-state index in [4.69, 9.17) is 0 Å². The Balaban J connectivity index is 1.64. The van der Waals surface area contributed by atoms with Crippen LogP contribution in [-0.4, -0.2) is 34.4 Å². The molecule has 0 atom stereocenters. The van der Waals surface area contributed by atoms with Gasteiger partial charge >= 0.3 is 0 Å². The van der Waals surface area contributed by atoms with Crippen molar-refractivity contribution in [1.29, 1.82) is 0 Å². The Labute approximate surface area is 150 Å². The number of anilines is 1. The van der Waals surface area contributed by atoms with Gasteiger partial charge in [-0.05, 0) is 46.6 Å². The standard InChI is InChI=1S/C16H15BrN4O2S/c1-21(9-14(22)19-11-5-3-2-4-10(11)17)8-13-18-12-6-7-24-15(12)16(23)20-13/h2-7H,8-9H2,1H3,(H,19,22)(H,18,20,23). The molecule has 0 aliphatic carbocycles. The molecule has 2 aromatic heterocycles. The van der Waals surface area contributed by atoms with Crippen LogP contribution >= 0.6 is 27.3 Å². The molecule has 0 bridgehead atoms. The largest absolute Gasteiger partial charge is 0.324 e. The number of nitrogens with one attached hydrogen (secondary N) is 2. The fourth-order valence-corrected chi connectivity index (χ4v) is 3.41. The number of H-pyrrole nitrogens is 1. The van der Waals surface area contributed by atoms with Gasteiger partial charge in [-0.25, -0.2) is 4.98 Å². The van der Waals surface area contributed by atoms with Crippen LogP contribution in [0.1, 0.15) is 5.82 Å². The van der Waals surface area contributed by atoms with E-state index in [9.17, 15) is 9.59 Å². The van der Waals surface area contributed by atoms with E-state index in [0.717, 1.165) is 10.2 Å². The summed E-state index contributed by atoms with van der Waals surface area (Å²) in [5.41, 5.74) is 1.27. The van der Waals surface area contributed by atoms with E-state index in [1.807, 2.05) is 35.7 Å². The van der Waals surface area contributed by atoms with Gasteiger partial charge in [-0.1, -0.05) is 12.1 Å². The van der Waals surface area contributed by atoms with Gasteiger partial charge < -0.3 is 10.3 Å². The summed E-state index contributed by atoms with van der Waals surface area (Å²) in [6.45, 7) is 0.567. The van der Waals surface area contributed by atoms with E-state index >= 15 is 0 Å². The molecule has 3 aromatic rings. The van der Waals surface area contributed by atoms with Crippen LogP contribution in [0.25, 0.3) is 10.2 Å². The summed E-state index contributed by atoms with van der Waals surface area (Å²) in [4.78, 5) is 33.1. The van der Waals surface area contributed by atoms with Gasteiger partial charge in [-0.15, -0.1) is 11.3 Å². The monoisotopic (exact) mass is 406 g/mol. The van der Waals surface area contributed by atoms with Crippen LogP contribution in [0.3, 0.4) is 0 Å². The molecule has 0 radical (unpaired) electrons. The van der Waals surface area contributed by atoms with Crippen LogP contribution in [0.2, 0.25) is 0 Å². The van der Waals surface area contributed by atoms with E-state index in [0.29, 0.717) is 22.6 Å². The highest BCUT2D eigenvalue weighted by Crippen LogP contribution is 2.21. The number of fused-ring (bicyclic) bond motifs is 1. The molecule has 0 aliphatic heterocycles. The number of carbonyl (C=O) groups excluding carboxylic acids is 1. The third kappa shape index (κ3) is 3.89. The molecular weight excluding hydrogens is 392 g/mol. The van der Waals surface area contributed by atoms with E-state index in [1.165, 1.54) is 11.3 Å². The minimum atomic E-state index is -0.143. The van der Waals surface area contributed by atoms with Crippen molar-refractivity contribution in [1.82, 2.24) is 14.9 Å². The molecule has 2 N–H and O–H groups in total. The van der Waals surface area contributed by atoms with E-state index in [2.05, 4.69) is 31.2 Å². The normalized spacial score (nSPS) is 11.1. The lowest BCUT2D eigenvalue weighted by Gasteiger charge is -2.16. The van der Waals surface area contributed by atoms with Crippen molar-refractivity contribution >= 4 is 49.1 Å². The second-order valence-electron chi connectivity index (χ2n) is 5.35. The number of aromatic nitrogens is 2. The lowest BCUT2D eigenvalue weighted by Crippen LogP contribution is -2.31. The Morgan fingerprint density at radius 2 is 2.17 bits per heavy atom. The molecule has 1 amide bonds. The Morgan fingerprint density at radius 1 is 1.38 bits per heavy atom. The third-order valence-electron chi connectivity index (χ3n) is 3.35. The number of hydrogen-bond donors (Lipinski definition) is 2. The number of carbonyl (C=O) groups is 1. The van der Waals surface area contributed by atoms with E-state index in [-0.39, 0.29) is 18.0 Å². The second kappa shape index (κ2) is 7.25. The second-order valence-corrected chi connectivity index (χ2v) is 7.12. The van der Waals surface area contributed by atoms with Crippen molar-refractivity contribution < 1.29 is 4.79 Å². The van der Waals surface area contributed by atoms with Crippen molar-refractivity contribution in [2.75, 3.05) is 18.9 Å². The predicted molar refractivity (Wildman–Crippen MR) is 99.3 cm³/mol. The topological polar surface area (TPSA) is 78.1 Å². The van der Waals surface area contributed by atoms with Gasteiger partial charge in [-0.3, -0.25) is 14.5 Å². The lowest BCUT2D eigenvalue weighted by atomic mass is 10.3. The van der Waals surface area contributed by atoms with E-state index < -0.39 is 0 Å². The van der Waals surface area contributed by atoms with Crippen LogP contribution in [0.4, 0.5) is 5.69 Å². The summed E-state index contributed by atoms with van der Waals surface area (Å²) in [6.07, 6.45) is 0. The summed E-state index contributed by atoms with van der Waals surface area (Å²) in [5, 5.41) is 4.68. The van der Waals surface area contributed by atoms with Gasteiger partial charge in [0.05, 0.1) is 24.3 Å². The number of benzene rings is 1. The Hall–Kier alpha value is -2.03. The van der Waals surface area contributed by atoms with Gasteiger partial charge in [0.15, 0.2) is 0 Å². The zero-order valence-corrected chi connectivity index (χ0v) is 15.3. The summed E-state index contributed by atoms with van der Waals surface area (Å²) in [5.74, 6) is 0.408. The number of halogens is 1. The summed E-state index contributed by atoms with van der Waals surface area (Å²) < 4.78 is 1.45. The zero-order valence-electron chi connectivity index (χ0n) is 12.9. The third-order valence-corrected chi connectivity index (χ3v) is 4.94. The number of para-hydroxylation sites is 1. The average Bonchev–Trinajstić information content (AvgIpc) is 2.98. The maximum absolute atomic E-state index is 12.1. The van der Waals surface area contributed by atoms with Crippen molar-refractivity contribution in [2.24, 2.45) is 0 Å². The SMILES string of the molecule is CN(CC(=O)Nc1ccccc1Br)Cc1nc2ccsc2c(=O)[nH]1. The molecule has 2 heterocycles. The number of amides is 1. The molecular formula is C16H15BrN4O2S.